The first-order chi connectivity index (χ1) is 20.3. The molecule has 6 rings (SSSR count). The number of pyridine rings is 2. The van der Waals surface area contributed by atoms with E-state index in [0.29, 0.717) is 47.4 Å². The lowest BCUT2D eigenvalue weighted by atomic mass is 9.93. The van der Waals surface area contributed by atoms with E-state index in [9.17, 15) is 8.42 Å². The second-order valence-corrected chi connectivity index (χ2v) is 13.1. The first kappa shape index (κ1) is 28.6. The maximum absolute atomic E-state index is 11.8. The van der Waals surface area contributed by atoms with Gasteiger partial charge in [0.25, 0.3) is 0 Å². The van der Waals surface area contributed by atoms with Gasteiger partial charge in [-0.25, -0.2) is 18.4 Å². The number of hydrogen-bond acceptors (Lipinski definition) is 12. The average molecular weight is 599 g/mol. The molecular formula is C28H38N8O5S. The highest BCUT2D eigenvalue weighted by molar-refractivity contribution is 7.92. The molecule has 0 unspecified atom stereocenters. The van der Waals surface area contributed by atoms with Gasteiger partial charge in [-0.1, -0.05) is 0 Å². The number of rotatable bonds is 9. The summed E-state index contributed by atoms with van der Waals surface area (Å²) in [5, 5.41) is 4.12. The lowest BCUT2D eigenvalue weighted by molar-refractivity contribution is 0.122. The molecule has 0 amide bonds. The van der Waals surface area contributed by atoms with Gasteiger partial charge in [-0.05, 0) is 45.2 Å². The summed E-state index contributed by atoms with van der Waals surface area (Å²) in [7, 11) is -1.35. The summed E-state index contributed by atoms with van der Waals surface area (Å²) in [6, 6.07) is 3.88. The molecule has 1 saturated carbocycles. The second kappa shape index (κ2) is 12.4. The van der Waals surface area contributed by atoms with E-state index in [0.717, 1.165) is 70.4 Å². The highest BCUT2D eigenvalue weighted by Crippen LogP contribution is 2.33. The summed E-state index contributed by atoms with van der Waals surface area (Å²) >= 11 is 0. The molecule has 1 atom stereocenters. The minimum atomic E-state index is -3.45. The smallest absolute Gasteiger partial charge is 0.229 e. The van der Waals surface area contributed by atoms with Crippen LogP contribution in [0.4, 0.5) is 17.5 Å². The number of sulfonamides is 1. The molecule has 3 aromatic heterocycles. The van der Waals surface area contributed by atoms with Crippen molar-refractivity contribution >= 4 is 38.4 Å². The molecule has 2 N–H and O–H groups in total. The molecule has 2 aliphatic heterocycles. The van der Waals surface area contributed by atoms with E-state index in [1.54, 1.807) is 18.5 Å². The van der Waals surface area contributed by atoms with Crippen molar-refractivity contribution in [2.45, 2.75) is 50.4 Å². The molecule has 42 heavy (non-hydrogen) atoms. The molecular weight excluding hydrogens is 560 g/mol. The fourth-order valence-electron chi connectivity index (χ4n) is 5.69. The molecule has 0 bridgehead atoms. The van der Waals surface area contributed by atoms with Gasteiger partial charge < -0.3 is 29.3 Å². The molecule has 2 saturated heterocycles. The Labute approximate surface area is 246 Å². The predicted molar refractivity (Wildman–Crippen MR) is 160 cm³/mol. The summed E-state index contributed by atoms with van der Waals surface area (Å²) in [5.74, 6) is 2.53. The van der Waals surface area contributed by atoms with Crippen LogP contribution in [0.25, 0.3) is 10.9 Å². The zero-order valence-electron chi connectivity index (χ0n) is 24.0. The SMILES string of the molecule is CN1CC[C@H](Oc2cnc(N[C@H]3CC[C@@H](Oc4nc(N5CCOCC5)cc5ncc(NS(C)(=O)=O)cc45)CC3)nc2)C1. The van der Waals surface area contributed by atoms with Crippen LogP contribution < -0.4 is 24.4 Å². The minimum absolute atomic E-state index is 0.0357. The zero-order valence-corrected chi connectivity index (χ0v) is 24.8. The summed E-state index contributed by atoms with van der Waals surface area (Å²) in [6.07, 6.45) is 10.7. The van der Waals surface area contributed by atoms with Crippen molar-refractivity contribution in [3.8, 4) is 11.6 Å². The topological polar surface area (TPSA) is 144 Å². The van der Waals surface area contributed by atoms with Crippen LogP contribution in [0.15, 0.2) is 30.7 Å². The predicted octanol–water partition coefficient (Wildman–Crippen LogP) is 2.51. The van der Waals surface area contributed by atoms with Crippen LogP contribution in [0, 0.1) is 0 Å². The third kappa shape index (κ3) is 7.28. The fraction of sp³-hybridized carbons (Fsp3) is 0.571. The number of likely N-dealkylation sites (N-methyl/N-ethyl adjacent to an activating group) is 1. The Bertz CT molecular complexity index is 1480. The Morgan fingerprint density at radius 3 is 2.38 bits per heavy atom. The third-order valence-corrected chi connectivity index (χ3v) is 8.44. The van der Waals surface area contributed by atoms with Gasteiger partial charge >= 0.3 is 0 Å². The molecule has 14 heteroatoms. The number of hydrogen-bond donors (Lipinski definition) is 2. The van der Waals surface area contributed by atoms with Crippen LogP contribution in [0.1, 0.15) is 32.1 Å². The molecule has 0 spiro atoms. The Kier molecular flexibility index (Phi) is 8.45. The number of anilines is 3. The average Bonchev–Trinajstić information content (AvgIpc) is 3.39. The van der Waals surface area contributed by atoms with Crippen molar-refractivity contribution in [3.05, 3.63) is 30.7 Å². The highest BCUT2D eigenvalue weighted by atomic mass is 32.2. The quantitative estimate of drug-likeness (QED) is 0.373. The number of nitrogens with one attached hydrogen (secondary N) is 2. The molecule has 1 aliphatic carbocycles. The van der Waals surface area contributed by atoms with E-state index < -0.39 is 10.0 Å². The van der Waals surface area contributed by atoms with Gasteiger partial charge in [-0.2, -0.15) is 4.98 Å². The maximum Gasteiger partial charge on any atom is 0.229 e. The van der Waals surface area contributed by atoms with E-state index in [2.05, 4.69) is 41.8 Å². The van der Waals surface area contributed by atoms with Crippen LogP contribution in [0.5, 0.6) is 11.6 Å². The van der Waals surface area contributed by atoms with E-state index in [1.807, 2.05) is 6.07 Å². The van der Waals surface area contributed by atoms with Crippen LogP contribution in [0.2, 0.25) is 0 Å². The lowest BCUT2D eigenvalue weighted by Gasteiger charge is -2.31. The Hall–Kier alpha value is -3.49. The van der Waals surface area contributed by atoms with Gasteiger partial charge in [0.15, 0.2) is 5.75 Å². The van der Waals surface area contributed by atoms with E-state index in [4.69, 9.17) is 19.2 Å². The zero-order chi connectivity index (χ0) is 29.1. The summed E-state index contributed by atoms with van der Waals surface area (Å²) in [4.78, 5) is 22.8. The van der Waals surface area contributed by atoms with E-state index in [-0.39, 0.29) is 18.2 Å². The van der Waals surface area contributed by atoms with Gasteiger partial charge in [0.05, 0.1) is 54.7 Å². The van der Waals surface area contributed by atoms with Gasteiger partial charge in [0.1, 0.15) is 18.0 Å². The van der Waals surface area contributed by atoms with Crippen molar-refractivity contribution in [2.24, 2.45) is 0 Å². The molecule has 5 heterocycles. The Morgan fingerprint density at radius 2 is 1.69 bits per heavy atom. The van der Waals surface area contributed by atoms with Gasteiger partial charge in [0, 0.05) is 38.3 Å². The van der Waals surface area contributed by atoms with Crippen molar-refractivity contribution in [1.29, 1.82) is 0 Å². The summed E-state index contributed by atoms with van der Waals surface area (Å²) in [6.45, 7) is 4.69. The molecule has 3 aromatic rings. The maximum atomic E-state index is 11.8. The standard InChI is InChI=1S/C28H38N8O5S/c1-35-8-7-22(18-35)40-23-16-30-28(31-17-23)32-19-3-5-21(6-4-19)41-27-24-13-20(34-42(2,37)38)15-29-25(24)14-26(33-27)36-9-11-39-12-10-36/h13-17,19,21-22,34H,3-12,18H2,1-2H3,(H,30,31,32)/t19-,21+,22-/m0/s1. The van der Waals surface area contributed by atoms with Crippen LogP contribution in [-0.4, -0.2) is 104 Å². The van der Waals surface area contributed by atoms with Crippen molar-refractivity contribution in [3.63, 3.8) is 0 Å². The Balaban J connectivity index is 1.11. The van der Waals surface area contributed by atoms with Crippen LogP contribution in [-0.2, 0) is 14.8 Å². The van der Waals surface area contributed by atoms with E-state index in [1.165, 1.54) is 6.20 Å². The number of ether oxygens (including phenoxy) is 3. The van der Waals surface area contributed by atoms with Crippen molar-refractivity contribution in [1.82, 2.24) is 24.8 Å². The number of likely N-dealkylation sites (tertiary alicyclic amines) is 1. The van der Waals surface area contributed by atoms with Crippen LogP contribution in [0.3, 0.4) is 0 Å². The second-order valence-electron chi connectivity index (χ2n) is 11.3. The van der Waals surface area contributed by atoms with Gasteiger partial charge in [0.2, 0.25) is 21.9 Å². The lowest BCUT2D eigenvalue weighted by Crippen LogP contribution is -2.37. The fourth-order valence-corrected chi connectivity index (χ4v) is 6.23. The minimum Gasteiger partial charge on any atom is -0.486 e. The van der Waals surface area contributed by atoms with E-state index >= 15 is 0 Å². The third-order valence-electron chi connectivity index (χ3n) is 7.83. The largest absolute Gasteiger partial charge is 0.486 e. The number of morpholine rings is 1. The summed E-state index contributed by atoms with van der Waals surface area (Å²) in [5.41, 5.74) is 1.07. The van der Waals surface area contributed by atoms with Gasteiger partial charge in [-0.3, -0.25) is 9.71 Å². The number of fused-ring (bicyclic) bond motifs is 1. The molecule has 13 nitrogen and oxygen atoms in total. The summed E-state index contributed by atoms with van der Waals surface area (Å²) < 4.78 is 44.2. The first-order valence-electron chi connectivity index (χ1n) is 14.5. The Morgan fingerprint density at radius 1 is 0.929 bits per heavy atom. The number of aromatic nitrogens is 4. The monoisotopic (exact) mass is 598 g/mol. The normalized spacial score (nSPS) is 23.6. The molecule has 226 valence electrons. The number of nitrogens with zero attached hydrogens (tertiary/aromatic N) is 6. The highest BCUT2D eigenvalue weighted by Gasteiger charge is 2.26. The van der Waals surface area contributed by atoms with Gasteiger partial charge in [-0.15, -0.1) is 0 Å². The molecule has 0 radical (unpaired) electrons. The van der Waals surface area contributed by atoms with Crippen molar-refractivity contribution in [2.75, 3.05) is 67.6 Å². The molecule has 3 aliphatic rings. The van der Waals surface area contributed by atoms with Crippen LogP contribution >= 0.6 is 0 Å². The first-order valence-corrected chi connectivity index (χ1v) is 16.4. The molecule has 3 fully saturated rings. The van der Waals surface area contributed by atoms with Crippen molar-refractivity contribution < 1.29 is 22.6 Å². The molecule has 0 aromatic carbocycles.